The molecule has 4 rings (SSSR count). The Hall–Kier alpha value is -3.21. The van der Waals surface area contributed by atoms with Crippen LogP contribution in [0.15, 0.2) is 24.5 Å². The van der Waals surface area contributed by atoms with E-state index in [4.69, 9.17) is 5.73 Å². The first kappa shape index (κ1) is 23.0. The van der Waals surface area contributed by atoms with Gasteiger partial charge in [-0.1, -0.05) is 6.07 Å². The summed E-state index contributed by atoms with van der Waals surface area (Å²) < 4.78 is 53.6. The van der Waals surface area contributed by atoms with Gasteiger partial charge < -0.3 is 20.9 Å². The van der Waals surface area contributed by atoms with E-state index in [2.05, 4.69) is 15.0 Å². The predicted octanol–water partition coefficient (Wildman–Crippen LogP) is 3.68. The zero-order valence-electron chi connectivity index (χ0n) is 18.3. The molecule has 2 aromatic heterocycles. The van der Waals surface area contributed by atoms with Gasteiger partial charge in [-0.15, -0.1) is 0 Å². The lowest BCUT2D eigenvalue weighted by molar-refractivity contribution is -0.149. The zero-order chi connectivity index (χ0) is 24.1. The number of imidazole rings is 1. The molecule has 1 fully saturated rings. The van der Waals surface area contributed by atoms with Gasteiger partial charge >= 0.3 is 6.18 Å². The number of H-pyrrole nitrogens is 1. The minimum absolute atomic E-state index is 0.0426. The molecule has 1 aliphatic heterocycles. The number of fused-ring (bicyclic) bond motifs is 1. The fraction of sp³-hybridized carbons (Fsp3) is 0.409. The number of benzene rings is 1. The van der Waals surface area contributed by atoms with Crippen molar-refractivity contribution in [2.45, 2.75) is 44.9 Å². The maximum Gasteiger partial charge on any atom is 0.408 e. The van der Waals surface area contributed by atoms with E-state index in [-0.39, 0.29) is 16.9 Å². The molecule has 176 valence electrons. The van der Waals surface area contributed by atoms with Crippen molar-refractivity contribution in [2.75, 3.05) is 18.0 Å². The SMILES string of the molecule is Cc1ccc(F)c2[nH]c(-c3cncc(C(=O)NC(C)C(F)(F)F)c3N3CC[C@](C)(N)C3)nc12. The minimum atomic E-state index is -4.60. The third kappa shape index (κ3) is 4.37. The fourth-order valence-corrected chi connectivity index (χ4v) is 3.98. The lowest BCUT2D eigenvalue weighted by Crippen LogP contribution is -2.44. The average molecular weight is 464 g/mol. The third-order valence-corrected chi connectivity index (χ3v) is 5.87. The summed E-state index contributed by atoms with van der Waals surface area (Å²) in [6.07, 6.45) is -1.31. The molecule has 1 aliphatic rings. The smallest absolute Gasteiger partial charge is 0.368 e. The number of hydrogen-bond acceptors (Lipinski definition) is 5. The van der Waals surface area contributed by atoms with Crippen molar-refractivity contribution in [1.29, 1.82) is 0 Å². The van der Waals surface area contributed by atoms with Gasteiger partial charge in [0.05, 0.1) is 22.3 Å². The number of hydrogen-bond donors (Lipinski definition) is 3. The third-order valence-electron chi connectivity index (χ3n) is 5.87. The summed E-state index contributed by atoms with van der Waals surface area (Å²) in [4.78, 5) is 26.3. The summed E-state index contributed by atoms with van der Waals surface area (Å²) in [5, 5.41) is 1.99. The Kier molecular flexibility index (Phi) is 5.55. The Labute approximate surface area is 187 Å². The highest BCUT2D eigenvalue weighted by atomic mass is 19.4. The number of alkyl halides is 3. The Bertz CT molecular complexity index is 1180. The molecule has 0 spiro atoms. The lowest BCUT2D eigenvalue weighted by atomic mass is 10.0. The molecule has 2 atom stereocenters. The van der Waals surface area contributed by atoms with Crippen LogP contribution in [-0.2, 0) is 0 Å². The number of nitrogens with one attached hydrogen (secondary N) is 2. The van der Waals surface area contributed by atoms with Gasteiger partial charge in [0.15, 0.2) is 0 Å². The van der Waals surface area contributed by atoms with Crippen molar-refractivity contribution in [3.8, 4) is 11.4 Å². The highest BCUT2D eigenvalue weighted by Crippen LogP contribution is 2.37. The van der Waals surface area contributed by atoms with E-state index in [9.17, 15) is 22.4 Å². The molecule has 0 bridgehead atoms. The van der Waals surface area contributed by atoms with Gasteiger partial charge in [-0.3, -0.25) is 9.78 Å². The molecule has 0 radical (unpaired) electrons. The lowest BCUT2D eigenvalue weighted by Gasteiger charge is -2.26. The van der Waals surface area contributed by atoms with Crippen molar-refractivity contribution in [3.63, 3.8) is 0 Å². The van der Waals surface area contributed by atoms with Crippen LogP contribution in [0.3, 0.4) is 0 Å². The van der Waals surface area contributed by atoms with Gasteiger partial charge in [0, 0.05) is 31.0 Å². The Morgan fingerprint density at radius 3 is 2.67 bits per heavy atom. The molecule has 1 unspecified atom stereocenters. The topological polar surface area (TPSA) is 99.9 Å². The second kappa shape index (κ2) is 7.98. The summed E-state index contributed by atoms with van der Waals surface area (Å²) in [7, 11) is 0. The number of amides is 1. The highest BCUT2D eigenvalue weighted by Gasteiger charge is 2.39. The summed E-state index contributed by atoms with van der Waals surface area (Å²) in [5.41, 5.74) is 7.76. The number of anilines is 1. The number of aromatic amines is 1. The van der Waals surface area contributed by atoms with Crippen LogP contribution in [0.2, 0.25) is 0 Å². The van der Waals surface area contributed by atoms with Crippen LogP contribution in [0.25, 0.3) is 22.4 Å². The van der Waals surface area contributed by atoms with Gasteiger partial charge in [0.25, 0.3) is 5.91 Å². The van der Waals surface area contributed by atoms with E-state index in [0.717, 1.165) is 12.5 Å². The van der Waals surface area contributed by atoms with Crippen molar-refractivity contribution in [2.24, 2.45) is 5.73 Å². The fourth-order valence-electron chi connectivity index (χ4n) is 3.98. The second-order valence-corrected chi connectivity index (χ2v) is 8.82. The number of carbonyl (C=O) groups is 1. The van der Waals surface area contributed by atoms with E-state index >= 15 is 0 Å². The first-order chi connectivity index (χ1) is 15.4. The quantitative estimate of drug-likeness (QED) is 0.512. The van der Waals surface area contributed by atoms with Gasteiger partial charge in [-0.25, -0.2) is 9.37 Å². The van der Waals surface area contributed by atoms with Gasteiger partial charge in [-0.05, 0) is 38.8 Å². The number of nitrogens with zero attached hydrogens (tertiary/aromatic N) is 3. The standard InChI is InChI=1S/C22H24F4N6O/c1-11-4-5-15(23)17-16(11)30-19(31-17)13-8-28-9-14(20(33)29-12(2)22(24,25)26)18(13)32-7-6-21(3,27)10-32/h4-5,8-9,12H,6-7,10,27H2,1-3H3,(H,29,33)(H,30,31)/t12?,21-/m0/s1. The number of halogens is 4. The second-order valence-electron chi connectivity index (χ2n) is 8.82. The van der Waals surface area contributed by atoms with E-state index in [1.807, 2.05) is 17.1 Å². The number of rotatable bonds is 4. The molecule has 1 amide bonds. The largest absolute Gasteiger partial charge is 0.408 e. The van der Waals surface area contributed by atoms with Crippen LogP contribution in [0, 0.1) is 12.7 Å². The molecule has 1 saturated heterocycles. The Balaban J connectivity index is 1.86. The van der Waals surface area contributed by atoms with Crippen LogP contribution in [-0.4, -0.2) is 51.7 Å². The molecule has 3 heterocycles. The predicted molar refractivity (Wildman–Crippen MR) is 116 cm³/mol. The van der Waals surface area contributed by atoms with Crippen molar-refractivity contribution >= 4 is 22.6 Å². The van der Waals surface area contributed by atoms with E-state index in [1.54, 1.807) is 13.0 Å². The Morgan fingerprint density at radius 2 is 2.06 bits per heavy atom. The molecular weight excluding hydrogens is 440 g/mol. The van der Waals surface area contributed by atoms with Crippen LogP contribution in [0.5, 0.6) is 0 Å². The minimum Gasteiger partial charge on any atom is -0.368 e. The van der Waals surface area contributed by atoms with Crippen molar-refractivity contribution in [3.05, 3.63) is 41.5 Å². The first-order valence-electron chi connectivity index (χ1n) is 10.4. The number of pyridine rings is 1. The zero-order valence-corrected chi connectivity index (χ0v) is 18.3. The molecule has 33 heavy (non-hydrogen) atoms. The maximum absolute atomic E-state index is 14.4. The van der Waals surface area contributed by atoms with E-state index < -0.39 is 29.5 Å². The summed E-state index contributed by atoms with van der Waals surface area (Å²) in [5.74, 6) is -1.16. The van der Waals surface area contributed by atoms with Crippen molar-refractivity contribution < 1.29 is 22.4 Å². The molecule has 11 heteroatoms. The van der Waals surface area contributed by atoms with Crippen LogP contribution >= 0.6 is 0 Å². The van der Waals surface area contributed by atoms with Gasteiger partial charge in [0.2, 0.25) is 0 Å². The molecule has 1 aromatic carbocycles. The van der Waals surface area contributed by atoms with E-state index in [0.29, 0.717) is 36.3 Å². The normalized spacial score (nSPS) is 19.8. The average Bonchev–Trinajstić information content (AvgIpc) is 3.34. The van der Waals surface area contributed by atoms with Gasteiger partial charge in [0.1, 0.15) is 23.2 Å². The summed E-state index contributed by atoms with van der Waals surface area (Å²) >= 11 is 0. The number of carbonyl (C=O) groups excluding carboxylic acids is 1. The molecule has 0 aliphatic carbocycles. The molecule has 7 nitrogen and oxygen atoms in total. The number of aromatic nitrogens is 3. The van der Waals surface area contributed by atoms with E-state index in [1.165, 1.54) is 18.5 Å². The summed E-state index contributed by atoms with van der Waals surface area (Å²) in [6.45, 7) is 5.36. The summed E-state index contributed by atoms with van der Waals surface area (Å²) in [6, 6.07) is 0.869. The monoisotopic (exact) mass is 464 g/mol. The molecule has 4 N–H and O–H groups in total. The maximum atomic E-state index is 14.4. The van der Waals surface area contributed by atoms with Crippen LogP contribution in [0.1, 0.15) is 36.2 Å². The molecular formula is C22H24F4N6O. The first-order valence-corrected chi connectivity index (χ1v) is 10.4. The highest BCUT2D eigenvalue weighted by molar-refractivity contribution is 6.03. The Morgan fingerprint density at radius 1 is 1.33 bits per heavy atom. The van der Waals surface area contributed by atoms with Gasteiger partial charge in [-0.2, -0.15) is 13.2 Å². The number of nitrogens with two attached hydrogens (primary N) is 1. The van der Waals surface area contributed by atoms with Crippen LogP contribution in [0.4, 0.5) is 23.2 Å². The number of aryl methyl sites for hydroxylation is 1. The molecule has 0 saturated carbocycles. The van der Waals surface area contributed by atoms with Crippen LogP contribution < -0.4 is 16.0 Å². The molecule has 3 aromatic rings. The van der Waals surface area contributed by atoms with Crippen molar-refractivity contribution in [1.82, 2.24) is 20.3 Å².